The molecule has 1 aliphatic heterocycles. The number of hydrogen-bond acceptors (Lipinski definition) is 3. The number of likely N-dealkylation sites (tertiary alicyclic amines) is 1. The zero-order valence-electron chi connectivity index (χ0n) is 12.9. The minimum absolute atomic E-state index is 0.713. The Morgan fingerprint density at radius 1 is 1.24 bits per heavy atom. The van der Waals surface area contributed by atoms with Gasteiger partial charge in [0.15, 0.2) is 0 Å². The number of rotatable bonds is 6. The summed E-state index contributed by atoms with van der Waals surface area (Å²) in [6.45, 7) is 8.19. The number of aromatic nitrogens is 1. The molecule has 21 heavy (non-hydrogen) atoms. The van der Waals surface area contributed by atoms with Crippen LogP contribution in [-0.2, 0) is 6.54 Å². The van der Waals surface area contributed by atoms with Crippen molar-refractivity contribution < 1.29 is 0 Å². The third-order valence-corrected chi connectivity index (χ3v) is 4.26. The molecule has 1 unspecified atom stereocenters. The fraction of sp³-hybridized carbons (Fsp3) is 0.500. The van der Waals surface area contributed by atoms with E-state index >= 15 is 0 Å². The van der Waals surface area contributed by atoms with Crippen LogP contribution in [0.25, 0.3) is 10.9 Å². The lowest BCUT2D eigenvalue weighted by molar-refractivity contribution is 0.282. The second-order valence-corrected chi connectivity index (χ2v) is 6.27. The van der Waals surface area contributed by atoms with Gasteiger partial charge < -0.3 is 10.2 Å². The lowest BCUT2D eigenvalue weighted by atomic mass is 10.1. The van der Waals surface area contributed by atoms with E-state index in [1.54, 1.807) is 0 Å². The summed E-state index contributed by atoms with van der Waals surface area (Å²) >= 11 is 0. The van der Waals surface area contributed by atoms with Crippen LogP contribution in [0.15, 0.2) is 36.5 Å². The van der Waals surface area contributed by atoms with Gasteiger partial charge in [0, 0.05) is 24.7 Å². The van der Waals surface area contributed by atoms with E-state index in [9.17, 15) is 0 Å². The SMILES string of the molecule is CC(CNCc1ccc2ncccc2c1)CN1CCCC1. The topological polar surface area (TPSA) is 28.2 Å². The Morgan fingerprint density at radius 3 is 2.95 bits per heavy atom. The number of nitrogens with zero attached hydrogens (tertiary/aromatic N) is 2. The molecule has 0 bridgehead atoms. The molecule has 1 saturated heterocycles. The lowest BCUT2D eigenvalue weighted by Gasteiger charge is -2.20. The van der Waals surface area contributed by atoms with Crippen molar-refractivity contribution in [2.24, 2.45) is 5.92 Å². The summed E-state index contributed by atoms with van der Waals surface area (Å²) in [5.41, 5.74) is 2.41. The monoisotopic (exact) mass is 283 g/mol. The zero-order chi connectivity index (χ0) is 14.5. The molecule has 3 rings (SSSR count). The van der Waals surface area contributed by atoms with Gasteiger partial charge in [-0.25, -0.2) is 0 Å². The molecular weight excluding hydrogens is 258 g/mol. The number of hydrogen-bond donors (Lipinski definition) is 1. The van der Waals surface area contributed by atoms with Crippen molar-refractivity contribution in [3.8, 4) is 0 Å². The van der Waals surface area contributed by atoms with E-state index in [1.165, 1.54) is 43.4 Å². The number of pyridine rings is 1. The molecule has 1 N–H and O–H groups in total. The average Bonchev–Trinajstić information content (AvgIpc) is 3.00. The Labute approximate surface area is 127 Å². The fourth-order valence-electron chi connectivity index (χ4n) is 3.17. The minimum atomic E-state index is 0.713. The van der Waals surface area contributed by atoms with E-state index < -0.39 is 0 Å². The normalized spacial score (nSPS) is 17.4. The van der Waals surface area contributed by atoms with Crippen molar-refractivity contribution in [1.29, 1.82) is 0 Å². The van der Waals surface area contributed by atoms with E-state index in [-0.39, 0.29) is 0 Å². The molecule has 1 fully saturated rings. The molecule has 2 aromatic rings. The summed E-state index contributed by atoms with van der Waals surface area (Å²) in [6, 6.07) is 10.6. The predicted molar refractivity (Wildman–Crippen MR) is 88.3 cm³/mol. The maximum Gasteiger partial charge on any atom is 0.0702 e. The van der Waals surface area contributed by atoms with Gasteiger partial charge in [-0.1, -0.05) is 19.1 Å². The second kappa shape index (κ2) is 7.01. The van der Waals surface area contributed by atoms with Gasteiger partial charge in [-0.15, -0.1) is 0 Å². The maximum atomic E-state index is 4.36. The largest absolute Gasteiger partial charge is 0.312 e. The van der Waals surface area contributed by atoms with Gasteiger partial charge in [0.1, 0.15) is 0 Å². The Bertz CT molecular complexity index is 575. The van der Waals surface area contributed by atoms with Crippen LogP contribution in [0.1, 0.15) is 25.3 Å². The van der Waals surface area contributed by atoms with Crippen molar-refractivity contribution in [3.05, 3.63) is 42.1 Å². The highest BCUT2D eigenvalue weighted by atomic mass is 15.1. The Morgan fingerprint density at radius 2 is 2.10 bits per heavy atom. The van der Waals surface area contributed by atoms with Crippen molar-refractivity contribution in [1.82, 2.24) is 15.2 Å². The standard InChI is InChI=1S/C18H25N3/c1-15(14-21-9-2-3-10-21)12-19-13-16-6-7-18-17(11-16)5-4-8-20-18/h4-8,11,15,19H,2-3,9-10,12-14H2,1H3. The van der Waals surface area contributed by atoms with Crippen molar-refractivity contribution in [3.63, 3.8) is 0 Å². The van der Waals surface area contributed by atoms with E-state index in [0.29, 0.717) is 5.92 Å². The molecule has 1 aromatic heterocycles. The highest BCUT2D eigenvalue weighted by Gasteiger charge is 2.14. The molecular formula is C18H25N3. The molecule has 1 atom stereocenters. The second-order valence-electron chi connectivity index (χ2n) is 6.27. The van der Waals surface area contributed by atoms with Crippen molar-refractivity contribution in [2.45, 2.75) is 26.3 Å². The summed E-state index contributed by atoms with van der Waals surface area (Å²) in [5, 5.41) is 4.82. The van der Waals surface area contributed by atoms with Crippen LogP contribution in [0.2, 0.25) is 0 Å². The molecule has 1 aromatic carbocycles. The predicted octanol–water partition coefficient (Wildman–Crippen LogP) is 3.06. The molecule has 0 saturated carbocycles. The smallest absolute Gasteiger partial charge is 0.0702 e. The van der Waals surface area contributed by atoms with E-state index in [2.05, 4.69) is 46.4 Å². The van der Waals surface area contributed by atoms with E-state index in [1.807, 2.05) is 12.3 Å². The maximum absolute atomic E-state index is 4.36. The highest BCUT2D eigenvalue weighted by Crippen LogP contribution is 2.13. The Balaban J connectivity index is 1.47. The minimum Gasteiger partial charge on any atom is -0.312 e. The first-order valence-electron chi connectivity index (χ1n) is 8.08. The molecule has 3 nitrogen and oxygen atoms in total. The quantitative estimate of drug-likeness (QED) is 0.883. The molecule has 3 heteroatoms. The highest BCUT2D eigenvalue weighted by molar-refractivity contribution is 5.78. The van der Waals surface area contributed by atoms with Gasteiger partial charge in [-0.2, -0.15) is 0 Å². The Hall–Kier alpha value is -1.45. The number of benzene rings is 1. The van der Waals surface area contributed by atoms with Gasteiger partial charge in [0.05, 0.1) is 5.52 Å². The van der Waals surface area contributed by atoms with Crippen LogP contribution in [0.3, 0.4) is 0 Å². The molecule has 0 radical (unpaired) electrons. The van der Waals surface area contributed by atoms with Gasteiger partial charge >= 0.3 is 0 Å². The van der Waals surface area contributed by atoms with Gasteiger partial charge in [0.25, 0.3) is 0 Å². The summed E-state index contributed by atoms with van der Waals surface area (Å²) in [5.74, 6) is 0.713. The van der Waals surface area contributed by atoms with Crippen LogP contribution < -0.4 is 5.32 Å². The first kappa shape index (κ1) is 14.5. The average molecular weight is 283 g/mol. The molecule has 0 aliphatic carbocycles. The molecule has 1 aliphatic rings. The molecule has 112 valence electrons. The van der Waals surface area contributed by atoms with Crippen molar-refractivity contribution in [2.75, 3.05) is 26.2 Å². The summed E-state index contributed by atoms with van der Waals surface area (Å²) in [7, 11) is 0. The summed E-state index contributed by atoms with van der Waals surface area (Å²) in [6.07, 6.45) is 4.61. The van der Waals surface area contributed by atoms with E-state index in [4.69, 9.17) is 0 Å². The fourth-order valence-corrected chi connectivity index (χ4v) is 3.17. The van der Waals surface area contributed by atoms with Crippen LogP contribution in [0.4, 0.5) is 0 Å². The van der Waals surface area contributed by atoms with Crippen molar-refractivity contribution >= 4 is 10.9 Å². The number of fused-ring (bicyclic) bond motifs is 1. The van der Waals surface area contributed by atoms with E-state index in [0.717, 1.165) is 18.6 Å². The Kier molecular flexibility index (Phi) is 4.84. The van der Waals surface area contributed by atoms with Gasteiger partial charge in [-0.3, -0.25) is 4.98 Å². The van der Waals surface area contributed by atoms with Gasteiger partial charge in [-0.05, 0) is 62.2 Å². The third kappa shape index (κ3) is 4.02. The zero-order valence-corrected chi connectivity index (χ0v) is 12.9. The molecule has 2 heterocycles. The first-order valence-corrected chi connectivity index (χ1v) is 8.08. The third-order valence-electron chi connectivity index (χ3n) is 4.26. The molecule has 0 spiro atoms. The first-order chi connectivity index (χ1) is 10.3. The van der Waals surface area contributed by atoms with Gasteiger partial charge in [0.2, 0.25) is 0 Å². The van der Waals surface area contributed by atoms with Crippen LogP contribution >= 0.6 is 0 Å². The van der Waals surface area contributed by atoms with Crippen LogP contribution in [-0.4, -0.2) is 36.1 Å². The summed E-state index contributed by atoms with van der Waals surface area (Å²) < 4.78 is 0. The summed E-state index contributed by atoms with van der Waals surface area (Å²) in [4.78, 5) is 6.95. The lowest BCUT2D eigenvalue weighted by Crippen LogP contribution is -2.31. The van der Waals surface area contributed by atoms with Crippen LogP contribution in [0, 0.1) is 5.92 Å². The molecule has 0 amide bonds. The van der Waals surface area contributed by atoms with Crippen LogP contribution in [0.5, 0.6) is 0 Å². The number of nitrogens with one attached hydrogen (secondary N) is 1.